The number of hydrogen-bond donors (Lipinski definition) is 1. The average Bonchev–Trinajstić information content (AvgIpc) is 2.96. The summed E-state index contributed by atoms with van der Waals surface area (Å²) in [6.45, 7) is 1.61. The number of aromatic nitrogens is 2. The van der Waals surface area contributed by atoms with Crippen LogP contribution in [0, 0.1) is 23.1 Å². The molecule has 1 N–H and O–H groups in total. The van der Waals surface area contributed by atoms with Gasteiger partial charge in [-0.15, -0.1) is 0 Å². The van der Waals surface area contributed by atoms with Gasteiger partial charge in [0.1, 0.15) is 16.4 Å². The lowest BCUT2D eigenvalue weighted by Gasteiger charge is -2.05. The molecule has 0 amide bonds. The van der Waals surface area contributed by atoms with Crippen LogP contribution in [0.4, 0.5) is 4.39 Å². The standard InChI is InChI=1S/C13H13FN4O2S/c1-10(6-15)7-17-21(19,20)11-8-16-18(9-11)13-5-3-2-4-12(13)14/h2-5,8-10,17H,7H2,1H3/t10-/m0/s1. The summed E-state index contributed by atoms with van der Waals surface area (Å²) in [7, 11) is -3.77. The van der Waals surface area contributed by atoms with E-state index in [9.17, 15) is 12.8 Å². The lowest BCUT2D eigenvalue weighted by atomic mass is 10.2. The molecule has 0 bridgehead atoms. The van der Waals surface area contributed by atoms with Crippen LogP contribution in [-0.2, 0) is 10.0 Å². The predicted molar refractivity (Wildman–Crippen MR) is 73.5 cm³/mol. The molecule has 1 aromatic heterocycles. The molecular weight excluding hydrogens is 295 g/mol. The molecule has 1 atom stereocenters. The zero-order valence-corrected chi connectivity index (χ0v) is 12.0. The lowest BCUT2D eigenvalue weighted by Crippen LogP contribution is -2.27. The Balaban J connectivity index is 2.24. The molecule has 0 unspecified atom stereocenters. The highest BCUT2D eigenvalue weighted by molar-refractivity contribution is 7.89. The number of benzene rings is 1. The maximum Gasteiger partial charge on any atom is 0.243 e. The van der Waals surface area contributed by atoms with E-state index in [4.69, 9.17) is 5.26 Å². The third kappa shape index (κ3) is 3.45. The first-order chi connectivity index (χ1) is 9.94. The third-order valence-electron chi connectivity index (χ3n) is 2.77. The number of sulfonamides is 1. The molecule has 8 heteroatoms. The van der Waals surface area contributed by atoms with Crippen molar-refractivity contribution in [2.45, 2.75) is 11.8 Å². The number of hydrogen-bond acceptors (Lipinski definition) is 4. The van der Waals surface area contributed by atoms with Crippen molar-refractivity contribution in [3.63, 3.8) is 0 Å². The summed E-state index contributed by atoms with van der Waals surface area (Å²) >= 11 is 0. The van der Waals surface area contributed by atoms with Crippen molar-refractivity contribution < 1.29 is 12.8 Å². The second-order valence-corrected chi connectivity index (χ2v) is 6.22. The van der Waals surface area contributed by atoms with E-state index in [1.807, 2.05) is 6.07 Å². The summed E-state index contributed by atoms with van der Waals surface area (Å²) in [5.74, 6) is -0.947. The molecule has 0 saturated carbocycles. The van der Waals surface area contributed by atoms with Crippen molar-refractivity contribution in [3.05, 3.63) is 42.5 Å². The summed E-state index contributed by atoms with van der Waals surface area (Å²) in [5.41, 5.74) is 0.157. The van der Waals surface area contributed by atoms with Gasteiger partial charge in [0.25, 0.3) is 0 Å². The number of nitriles is 1. The molecule has 1 heterocycles. The molecule has 110 valence electrons. The van der Waals surface area contributed by atoms with E-state index in [0.717, 1.165) is 10.9 Å². The SMILES string of the molecule is C[C@@H](C#N)CNS(=O)(=O)c1cnn(-c2ccccc2F)c1. The summed E-state index contributed by atoms with van der Waals surface area (Å²) in [6, 6.07) is 7.84. The fourth-order valence-electron chi connectivity index (χ4n) is 1.58. The number of para-hydroxylation sites is 1. The fraction of sp³-hybridized carbons (Fsp3) is 0.231. The van der Waals surface area contributed by atoms with Gasteiger partial charge in [0.2, 0.25) is 10.0 Å². The van der Waals surface area contributed by atoms with Crippen LogP contribution in [-0.4, -0.2) is 24.7 Å². The number of halogens is 1. The van der Waals surface area contributed by atoms with Crippen LogP contribution in [0.3, 0.4) is 0 Å². The van der Waals surface area contributed by atoms with E-state index in [2.05, 4.69) is 9.82 Å². The zero-order chi connectivity index (χ0) is 15.5. The summed E-state index contributed by atoms with van der Waals surface area (Å²) < 4.78 is 41.1. The van der Waals surface area contributed by atoms with Crippen molar-refractivity contribution in [3.8, 4) is 11.8 Å². The van der Waals surface area contributed by atoms with Crippen LogP contribution < -0.4 is 4.72 Å². The molecule has 0 aliphatic rings. The van der Waals surface area contributed by atoms with Crippen molar-refractivity contribution in [2.75, 3.05) is 6.54 Å². The Kier molecular flexibility index (Phi) is 4.35. The normalized spacial score (nSPS) is 12.8. The van der Waals surface area contributed by atoms with E-state index in [0.29, 0.717) is 0 Å². The molecule has 0 aliphatic carbocycles. The van der Waals surface area contributed by atoms with Gasteiger partial charge in [0.15, 0.2) is 0 Å². The third-order valence-corrected chi connectivity index (χ3v) is 4.15. The molecule has 0 aliphatic heterocycles. The number of nitrogens with one attached hydrogen (secondary N) is 1. The first-order valence-electron chi connectivity index (χ1n) is 6.13. The maximum absolute atomic E-state index is 13.6. The summed E-state index contributed by atoms with van der Waals surface area (Å²) in [4.78, 5) is -0.0871. The largest absolute Gasteiger partial charge is 0.243 e. The highest BCUT2D eigenvalue weighted by Gasteiger charge is 2.18. The van der Waals surface area contributed by atoms with Crippen LogP contribution >= 0.6 is 0 Å². The minimum Gasteiger partial charge on any atom is -0.237 e. The first kappa shape index (κ1) is 15.2. The Morgan fingerprint density at radius 1 is 1.48 bits per heavy atom. The minimum absolute atomic E-state index is 0.00368. The van der Waals surface area contributed by atoms with Gasteiger partial charge in [-0.05, 0) is 19.1 Å². The van der Waals surface area contributed by atoms with Crippen molar-refractivity contribution >= 4 is 10.0 Å². The number of rotatable bonds is 5. The average molecular weight is 308 g/mol. The Bertz CT molecular complexity index is 779. The molecule has 0 saturated heterocycles. The Hall–Kier alpha value is -2.24. The van der Waals surface area contributed by atoms with Crippen LogP contribution in [0.25, 0.3) is 5.69 Å². The summed E-state index contributed by atoms with van der Waals surface area (Å²) in [5, 5.41) is 12.5. The van der Waals surface area contributed by atoms with Gasteiger partial charge in [0, 0.05) is 6.54 Å². The smallest absolute Gasteiger partial charge is 0.237 e. The van der Waals surface area contributed by atoms with Gasteiger partial charge in [0.05, 0.1) is 24.4 Å². The van der Waals surface area contributed by atoms with E-state index < -0.39 is 21.8 Å². The molecule has 2 rings (SSSR count). The minimum atomic E-state index is -3.77. The van der Waals surface area contributed by atoms with Crippen LogP contribution in [0.5, 0.6) is 0 Å². The fourth-order valence-corrected chi connectivity index (χ4v) is 2.64. The quantitative estimate of drug-likeness (QED) is 0.905. The van der Waals surface area contributed by atoms with Crippen LogP contribution in [0.2, 0.25) is 0 Å². The van der Waals surface area contributed by atoms with Crippen molar-refractivity contribution in [1.29, 1.82) is 5.26 Å². The van der Waals surface area contributed by atoms with Gasteiger partial charge in [-0.2, -0.15) is 10.4 Å². The summed E-state index contributed by atoms with van der Waals surface area (Å²) in [6.07, 6.45) is 2.35. The van der Waals surface area contributed by atoms with Crippen LogP contribution in [0.15, 0.2) is 41.6 Å². The molecule has 0 spiro atoms. The maximum atomic E-state index is 13.6. The van der Waals surface area contributed by atoms with Gasteiger partial charge >= 0.3 is 0 Å². The van der Waals surface area contributed by atoms with Gasteiger partial charge < -0.3 is 0 Å². The van der Waals surface area contributed by atoms with E-state index >= 15 is 0 Å². The first-order valence-corrected chi connectivity index (χ1v) is 7.61. The molecule has 6 nitrogen and oxygen atoms in total. The lowest BCUT2D eigenvalue weighted by molar-refractivity contribution is 0.572. The van der Waals surface area contributed by atoms with Crippen molar-refractivity contribution in [1.82, 2.24) is 14.5 Å². The van der Waals surface area contributed by atoms with E-state index in [1.54, 1.807) is 13.0 Å². The highest BCUT2D eigenvalue weighted by Crippen LogP contribution is 2.15. The second-order valence-electron chi connectivity index (χ2n) is 4.45. The zero-order valence-electron chi connectivity index (χ0n) is 11.2. The molecule has 21 heavy (non-hydrogen) atoms. The molecule has 2 aromatic rings. The van der Waals surface area contributed by atoms with Crippen LogP contribution in [0.1, 0.15) is 6.92 Å². The molecule has 0 fully saturated rings. The predicted octanol–water partition coefficient (Wildman–Crippen LogP) is 1.45. The van der Waals surface area contributed by atoms with E-state index in [1.165, 1.54) is 24.4 Å². The van der Waals surface area contributed by atoms with Gasteiger partial charge in [-0.1, -0.05) is 12.1 Å². The molecule has 0 radical (unpaired) electrons. The second kappa shape index (κ2) is 6.03. The van der Waals surface area contributed by atoms with Gasteiger partial charge in [-0.3, -0.25) is 0 Å². The molecule has 1 aromatic carbocycles. The van der Waals surface area contributed by atoms with Gasteiger partial charge in [-0.25, -0.2) is 22.2 Å². The topological polar surface area (TPSA) is 87.8 Å². The Morgan fingerprint density at radius 2 is 2.19 bits per heavy atom. The highest BCUT2D eigenvalue weighted by atomic mass is 32.2. The number of nitrogens with zero attached hydrogens (tertiary/aromatic N) is 3. The molecular formula is C13H13FN4O2S. The van der Waals surface area contributed by atoms with Crippen molar-refractivity contribution in [2.24, 2.45) is 5.92 Å². The Labute approximate surface area is 121 Å². The Morgan fingerprint density at radius 3 is 2.86 bits per heavy atom. The monoisotopic (exact) mass is 308 g/mol. The van der Waals surface area contributed by atoms with E-state index in [-0.39, 0.29) is 17.1 Å².